The van der Waals surface area contributed by atoms with E-state index >= 15 is 0 Å². The third kappa shape index (κ3) is 4.00. The van der Waals surface area contributed by atoms with Gasteiger partial charge in [-0.1, -0.05) is 23.2 Å². The van der Waals surface area contributed by atoms with Crippen molar-refractivity contribution in [1.82, 2.24) is 4.90 Å². The van der Waals surface area contributed by atoms with Gasteiger partial charge in [-0.2, -0.15) is 0 Å². The van der Waals surface area contributed by atoms with Gasteiger partial charge in [0.1, 0.15) is 0 Å². The third-order valence-electron chi connectivity index (χ3n) is 2.99. The largest absolute Gasteiger partial charge is 0.467 e. The molecule has 1 unspecified atom stereocenters. The first-order chi connectivity index (χ1) is 10.0. The molecule has 1 aromatic rings. The Balaban J connectivity index is 2.02. The Kier molecular flexibility index (Phi) is 5.27. The molecule has 1 aromatic carbocycles. The lowest BCUT2D eigenvalue weighted by atomic mass is 10.3. The number of nitrogens with zero attached hydrogens (tertiary/aromatic N) is 1. The first-order valence-electron chi connectivity index (χ1n) is 6.21. The minimum absolute atomic E-state index is 0.122. The predicted octanol–water partition coefficient (Wildman–Crippen LogP) is 2.40. The summed E-state index contributed by atoms with van der Waals surface area (Å²) in [5.41, 5.74) is 0.412. The van der Waals surface area contributed by atoms with Crippen LogP contribution in [0, 0.1) is 0 Å². The lowest BCUT2D eigenvalue weighted by molar-refractivity contribution is -0.158. The van der Waals surface area contributed by atoms with Gasteiger partial charge in [0.25, 0.3) is 0 Å². The molecule has 8 heteroatoms. The number of morpholine rings is 1. The van der Waals surface area contributed by atoms with E-state index in [1.807, 2.05) is 0 Å². The molecule has 0 saturated carbocycles. The molecular formula is C13H14Cl2N2O4. The summed E-state index contributed by atoms with van der Waals surface area (Å²) in [6.45, 7) is 0.755. The van der Waals surface area contributed by atoms with Gasteiger partial charge in [-0.3, -0.25) is 0 Å². The van der Waals surface area contributed by atoms with E-state index in [2.05, 4.69) is 10.1 Å². The number of hydrogen-bond acceptors (Lipinski definition) is 4. The van der Waals surface area contributed by atoms with Crippen molar-refractivity contribution in [2.75, 3.05) is 32.1 Å². The third-order valence-corrected chi connectivity index (χ3v) is 3.55. The van der Waals surface area contributed by atoms with Gasteiger partial charge in [0.05, 0.1) is 31.0 Å². The maximum absolute atomic E-state index is 12.2. The lowest BCUT2D eigenvalue weighted by Crippen LogP contribution is -2.50. The Labute approximate surface area is 131 Å². The SMILES string of the molecule is COC(=O)C1CN(C(=O)Nc2cc(Cl)ccc2Cl)CCO1. The molecule has 2 amide bonds. The fourth-order valence-corrected chi connectivity index (χ4v) is 2.23. The van der Waals surface area contributed by atoms with Crippen molar-refractivity contribution < 1.29 is 19.1 Å². The number of carbonyl (C=O) groups is 2. The van der Waals surface area contributed by atoms with Gasteiger partial charge in [-0.25, -0.2) is 9.59 Å². The second-order valence-corrected chi connectivity index (χ2v) is 5.23. The predicted molar refractivity (Wildman–Crippen MR) is 78.8 cm³/mol. The maximum Gasteiger partial charge on any atom is 0.336 e. The van der Waals surface area contributed by atoms with Crippen LogP contribution in [-0.4, -0.2) is 49.8 Å². The minimum Gasteiger partial charge on any atom is -0.467 e. The average molecular weight is 333 g/mol. The van der Waals surface area contributed by atoms with Crippen LogP contribution < -0.4 is 5.32 Å². The van der Waals surface area contributed by atoms with E-state index in [4.69, 9.17) is 27.9 Å². The van der Waals surface area contributed by atoms with Crippen LogP contribution in [0.5, 0.6) is 0 Å². The van der Waals surface area contributed by atoms with Gasteiger partial charge < -0.3 is 19.7 Å². The van der Waals surface area contributed by atoms with Crippen LogP contribution in [0.2, 0.25) is 10.0 Å². The van der Waals surface area contributed by atoms with Crippen LogP contribution in [-0.2, 0) is 14.3 Å². The highest BCUT2D eigenvalue weighted by molar-refractivity contribution is 6.35. The summed E-state index contributed by atoms with van der Waals surface area (Å²) in [5.74, 6) is -0.506. The Morgan fingerprint density at radius 1 is 1.43 bits per heavy atom. The van der Waals surface area contributed by atoms with Gasteiger partial charge >= 0.3 is 12.0 Å². The minimum atomic E-state index is -0.774. The summed E-state index contributed by atoms with van der Waals surface area (Å²) in [7, 11) is 1.27. The first-order valence-corrected chi connectivity index (χ1v) is 6.97. The highest BCUT2D eigenvalue weighted by atomic mass is 35.5. The molecule has 21 heavy (non-hydrogen) atoms. The summed E-state index contributed by atoms with van der Waals surface area (Å²) in [6.07, 6.45) is -0.774. The number of carbonyl (C=O) groups excluding carboxylic acids is 2. The Bertz CT molecular complexity index is 553. The summed E-state index contributed by atoms with van der Waals surface area (Å²) in [6, 6.07) is 4.40. The molecule has 1 aliphatic heterocycles. The number of rotatable bonds is 2. The molecule has 1 heterocycles. The number of halogens is 2. The number of hydrogen-bond donors (Lipinski definition) is 1. The van der Waals surface area contributed by atoms with E-state index in [0.29, 0.717) is 22.3 Å². The van der Waals surface area contributed by atoms with E-state index in [-0.39, 0.29) is 19.2 Å². The molecule has 0 aromatic heterocycles. The standard InChI is InChI=1S/C13H14Cl2N2O4/c1-20-12(18)11-7-17(4-5-21-11)13(19)16-10-6-8(14)2-3-9(10)15/h2-3,6,11H,4-5,7H2,1H3,(H,16,19). The Hall–Kier alpha value is -1.50. The van der Waals surface area contributed by atoms with Crippen molar-refractivity contribution in [1.29, 1.82) is 0 Å². The monoisotopic (exact) mass is 332 g/mol. The number of ether oxygens (including phenoxy) is 2. The highest BCUT2D eigenvalue weighted by Gasteiger charge is 2.30. The summed E-state index contributed by atoms with van der Waals surface area (Å²) < 4.78 is 9.87. The summed E-state index contributed by atoms with van der Waals surface area (Å²) in [5, 5.41) is 3.50. The molecule has 1 aliphatic rings. The second kappa shape index (κ2) is 6.98. The fourth-order valence-electron chi connectivity index (χ4n) is 1.90. The number of esters is 1. The normalized spacial score (nSPS) is 18.2. The molecule has 0 radical (unpaired) electrons. The summed E-state index contributed by atoms with van der Waals surface area (Å²) in [4.78, 5) is 25.1. The molecular weight excluding hydrogens is 319 g/mol. The van der Waals surface area contributed by atoms with Crippen molar-refractivity contribution >= 4 is 40.9 Å². The highest BCUT2D eigenvalue weighted by Crippen LogP contribution is 2.25. The number of methoxy groups -OCH3 is 1. The zero-order valence-electron chi connectivity index (χ0n) is 11.3. The second-order valence-electron chi connectivity index (χ2n) is 4.38. The quantitative estimate of drug-likeness (QED) is 0.844. The molecule has 2 rings (SSSR count). The van der Waals surface area contributed by atoms with Crippen LogP contribution in [0.25, 0.3) is 0 Å². The number of benzene rings is 1. The smallest absolute Gasteiger partial charge is 0.336 e. The van der Waals surface area contributed by atoms with E-state index < -0.39 is 12.1 Å². The maximum atomic E-state index is 12.2. The zero-order valence-corrected chi connectivity index (χ0v) is 12.8. The van der Waals surface area contributed by atoms with Crippen molar-refractivity contribution in [2.45, 2.75) is 6.10 Å². The molecule has 6 nitrogen and oxygen atoms in total. The topological polar surface area (TPSA) is 67.9 Å². The molecule has 0 spiro atoms. The van der Waals surface area contributed by atoms with E-state index in [1.54, 1.807) is 18.2 Å². The van der Waals surface area contributed by atoms with Crippen LogP contribution in [0.15, 0.2) is 18.2 Å². The van der Waals surface area contributed by atoms with Crippen LogP contribution in [0.3, 0.4) is 0 Å². The van der Waals surface area contributed by atoms with E-state index in [9.17, 15) is 9.59 Å². The molecule has 0 bridgehead atoms. The molecule has 1 saturated heterocycles. The lowest BCUT2D eigenvalue weighted by Gasteiger charge is -2.31. The Morgan fingerprint density at radius 3 is 2.90 bits per heavy atom. The number of amides is 2. The molecule has 0 aliphatic carbocycles. The Morgan fingerprint density at radius 2 is 2.19 bits per heavy atom. The van der Waals surface area contributed by atoms with Crippen LogP contribution in [0.4, 0.5) is 10.5 Å². The first kappa shape index (κ1) is 15.9. The van der Waals surface area contributed by atoms with Crippen LogP contribution in [0.1, 0.15) is 0 Å². The van der Waals surface area contributed by atoms with Gasteiger partial charge in [0, 0.05) is 11.6 Å². The molecule has 114 valence electrons. The van der Waals surface area contributed by atoms with Crippen molar-refractivity contribution in [3.8, 4) is 0 Å². The average Bonchev–Trinajstić information content (AvgIpc) is 2.50. The van der Waals surface area contributed by atoms with Crippen molar-refractivity contribution in [2.24, 2.45) is 0 Å². The van der Waals surface area contributed by atoms with Gasteiger partial charge in [-0.15, -0.1) is 0 Å². The number of anilines is 1. The zero-order chi connectivity index (χ0) is 15.4. The van der Waals surface area contributed by atoms with Gasteiger partial charge in [0.2, 0.25) is 0 Å². The summed E-state index contributed by atoms with van der Waals surface area (Å²) >= 11 is 11.9. The molecule has 1 fully saturated rings. The van der Waals surface area contributed by atoms with Crippen LogP contribution >= 0.6 is 23.2 Å². The van der Waals surface area contributed by atoms with Crippen molar-refractivity contribution in [3.63, 3.8) is 0 Å². The van der Waals surface area contributed by atoms with E-state index in [0.717, 1.165) is 0 Å². The van der Waals surface area contributed by atoms with E-state index in [1.165, 1.54) is 12.0 Å². The van der Waals surface area contributed by atoms with Crippen molar-refractivity contribution in [3.05, 3.63) is 28.2 Å². The fraction of sp³-hybridized carbons (Fsp3) is 0.385. The molecule has 1 atom stereocenters. The number of nitrogens with one attached hydrogen (secondary N) is 1. The molecule has 1 N–H and O–H groups in total. The number of urea groups is 1. The van der Waals surface area contributed by atoms with Gasteiger partial charge in [-0.05, 0) is 18.2 Å². The van der Waals surface area contributed by atoms with Gasteiger partial charge in [0.15, 0.2) is 6.10 Å².